The number of amides is 1. The van der Waals surface area contributed by atoms with Crippen LogP contribution in [0.4, 0.5) is 11.4 Å². The molecule has 1 N–H and O–H groups in total. The summed E-state index contributed by atoms with van der Waals surface area (Å²) in [5.41, 5.74) is 4.42. The van der Waals surface area contributed by atoms with Crippen LogP contribution in [0.3, 0.4) is 0 Å². The van der Waals surface area contributed by atoms with Crippen molar-refractivity contribution in [2.45, 2.75) is 25.7 Å². The zero-order valence-electron chi connectivity index (χ0n) is 16.9. The van der Waals surface area contributed by atoms with Gasteiger partial charge in [0.05, 0.1) is 10.6 Å². The summed E-state index contributed by atoms with van der Waals surface area (Å²) in [5, 5.41) is 2.89. The molecule has 6 heteroatoms. The quantitative estimate of drug-likeness (QED) is 0.666. The molecular formula is C23H24N2O3S. The normalized spacial score (nSPS) is 11.2. The molecule has 0 bridgehead atoms. The maximum absolute atomic E-state index is 13.0. The number of nitrogens with one attached hydrogen (secondary N) is 1. The number of aryl methyl sites for hydroxylation is 3. The highest BCUT2D eigenvalue weighted by Gasteiger charge is 2.23. The summed E-state index contributed by atoms with van der Waals surface area (Å²) in [4.78, 5) is 13.0. The molecule has 0 aliphatic rings. The molecule has 29 heavy (non-hydrogen) atoms. The van der Waals surface area contributed by atoms with Crippen molar-refractivity contribution in [2.24, 2.45) is 0 Å². The van der Waals surface area contributed by atoms with Crippen molar-refractivity contribution in [3.05, 3.63) is 89.0 Å². The lowest BCUT2D eigenvalue weighted by molar-refractivity contribution is 0.102. The molecule has 0 aliphatic carbocycles. The topological polar surface area (TPSA) is 66.5 Å². The Balaban J connectivity index is 1.92. The fraction of sp³-hybridized carbons (Fsp3) is 0.174. The number of rotatable bonds is 5. The Bertz CT molecular complexity index is 1140. The van der Waals surface area contributed by atoms with Gasteiger partial charge in [0.15, 0.2) is 0 Å². The van der Waals surface area contributed by atoms with Crippen LogP contribution in [-0.2, 0) is 10.0 Å². The third-order valence-electron chi connectivity index (χ3n) is 4.69. The number of anilines is 2. The second-order valence-corrected chi connectivity index (χ2v) is 9.09. The van der Waals surface area contributed by atoms with Crippen LogP contribution in [0.5, 0.6) is 0 Å². The minimum absolute atomic E-state index is 0.201. The van der Waals surface area contributed by atoms with Gasteiger partial charge in [-0.05, 0) is 73.9 Å². The van der Waals surface area contributed by atoms with E-state index in [2.05, 4.69) is 5.32 Å². The standard InChI is InChI=1S/C23H24N2O3S/c1-16-12-17(2)14-20(13-16)24-23(26)19-11-10-18(3)22(15-19)25(4)29(27,28)21-8-6-5-7-9-21/h5-15H,1-4H3,(H,24,26). The highest BCUT2D eigenvalue weighted by atomic mass is 32.2. The Hall–Kier alpha value is -3.12. The van der Waals surface area contributed by atoms with Gasteiger partial charge < -0.3 is 5.32 Å². The van der Waals surface area contributed by atoms with Crippen molar-refractivity contribution >= 4 is 27.3 Å². The third kappa shape index (κ3) is 4.49. The van der Waals surface area contributed by atoms with E-state index in [0.29, 0.717) is 16.9 Å². The molecule has 0 radical (unpaired) electrons. The van der Waals surface area contributed by atoms with Crippen LogP contribution in [0, 0.1) is 20.8 Å². The van der Waals surface area contributed by atoms with Crippen molar-refractivity contribution in [2.75, 3.05) is 16.7 Å². The van der Waals surface area contributed by atoms with Gasteiger partial charge in [0.2, 0.25) is 0 Å². The largest absolute Gasteiger partial charge is 0.322 e. The molecule has 0 heterocycles. The minimum Gasteiger partial charge on any atom is -0.322 e. The summed E-state index contributed by atoms with van der Waals surface area (Å²) < 4.78 is 27.1. The molecular weight excluding hydrogens is 384 g/mol. The van der Waals surface area contributed by atoms with E-state index in [1.807, 2.05) is 39.0 Å². The van der Waals surface area contributed by atoms with Crippen LogP contribution in [-0.4, -0.2) is 21.4 Å². The van der Waals surface area contributed by atoms with Crippen LogP contribution in [0.25, 0.3) is 0 Å². The molecule has 0 fully saturated rings. The van der Waals surface area contributed by atoms with Gasteiger partial charge in [-0.3, -0.25) is 9.10 Å². The summed E-state index contributed by atoms with van der Waals surface area (Å²) in [6, 6.07) is 19.1. The van der Waals surface area contributed by atoms with Crippen LogP contribution in [0.2, 0.25) is 0 Å². The summed E-state index contributed by atoms with van der Waals surface area (Å²) in [5.74, 6) is -0.290. The molecule has 0 saturated heterocycles. The smallest absolute Gasteiger partial charge is 0.264 e. The number of hydrogen-bond donors (Lipinski definition) is 1. The monoisotopic (exact) mass is 408 g/mol. The lowest BCUT2D eigenvalue weighted by atomic mass is 10.1. The van der Waals surface area contributed by atoms with Gasteiger partial charge >= 0.3 is 0 Å². The van der Waals surface area contributed by atoms with Gasteiger partial charge in [0.1, 0.15) is 0 Å². The molecule has 0 atom stereocenters. The molecule has 1 amide bonds. The van der Waals surface area contributed by atoms with E-state index < -0.39 is 10.0 Å². The Morgan fingerprint density at radius 1 is 0.862 bits per heavy atom. The highest BCUT2D eigenvalue weighted by Crippen LogP contribution is 2.27. The van der Waals surface area contributed by atoms with Crippen LogP contribution < -0.4 is 9.62 Å². The first-order valence-electron chi connectivity index (χ1n) is 9.23. The van der Waals surface area contributed by atoms with Crippen molar-refractivity contribution in [3.63, 3.8) is 0 Å². The summed E-state index contributed by atoms with van der Waals surface area (Å²) in [6.45, 7) is 5.75. The van der Waals surface area contributed by atoms with E-state index in [4.69, 9.17) is 0 Å². The fourth-order valence-electron chi connectivity index (χ4n) is 3.22. The Morgan fingerprint density at radius 3 is 2.10 bits per heavy atom. The predicted molar refractivity (Wildman–Crippen MR) is 117 cm³/mol. The molecule has 0 aliphatic heterocycles. The van der Waals surface area contributed by atoms with E-state index in [1.54, 1.807) is 48.5 Å². The zero-order chi connectivity index (χ0) is 21.2. The molecule has 0 spiro atoms. The molecule has 3 aromatic carbocycles. The number of nitrogens with zero attached hydrogens (tertiary/aromatic N) is 1. The van der Waals surface area contributed by atoms with Gasteiger partial charge in [0.25, 0.3) is 15.9 Å². The Morgan fingerprint density at radius 2 is 1.48 bits per heavy atom. The second-order valence-electron chi connectivity index (χ2n) is 7.12. The predicted octanol–water partition coefficient (Wildman–Crippen LogP) is 4.69. The van der Waals surface area contributed by atoms with Gasteiger partial charge in [-0.25, -0.2) is 8.42 Å². The first-order chi connectivity index (χ1) is 13.7. The van der Waals surface area contributed by atoms with E-state index in [9.17, 15) is 13.2 Å². The number of benzene rings is 3. The average molecular weight is 409 g/mol. The average Bonchev–Trinajstić information content (AvgIpc) is 2.67. The summed E-state index contributed by atoms with van der Waals surface area (Å²) >= 11 is 0. The number of hydrogen-bond acceptors (Lipinski definition) is 3. The minimum atomic E-state index is -3.73. The molecule has 0 saturated carbocycles. The fourth-order valence-corrected chi connectivity index (χ4v) is 4.49. The molecule has 0 unspecified atom stereocenters. The van der Waals surface area contributed by atoms with Crippen molar-refractivity contribution in [3.8, 4) is 0 Å². The summed E-state index contributed by atoms with van der Waals surface area (Å²) in [6.07, 6.45) is 0. The number of carbonyl (C=O) groups is 1. The van der Waals surface area contributed by atoms with Crippen LogP contribution in [0.1, 0.15) is 27.0 Å². The Labute approximate surface area is 172 Å². The summed E-state index contributed by atoms with van der Waals surface area (Å²) in [7, 11) is -2.23. The molecule has 0 aromatic heterocycles. The van der Waals surface area contributed by atoms with Gasteiger partial charge in [-0.15, -0.1) is 0 Å². The van der Waals surface area contributed by atoms with Gasteiger partial charge in [0, 0.05) is 18.3 Å². The lowest BCUT2D eigenvalue weighted by Gasteiger charge is -2.22. The number of carbonyl (C=O) groups excluding carboxylic acids is 1. The van der Waals surface area contributed by atoms with Crippen LogP contribution >= 0.6 is 0 Å². The maximum atomic E-state index is 13.0. The van der Waals surface area contributed by atoms with E-state index >= 15 is 0 Å². The molecule has 150 valence electrons. The van der Waals surface area contributed by atoms with Crippen LogP contribution in [0.15, 0.2) is 71.6 Å². The van der Waals surface area contributed by atoms with E-state index in [1.165, 1.54) is 11.4 Å². The first-order valence-corrected chi connectivity index (χ1v) is 10.7. The van der Waals surface area contributed by atoms with Crippen molar-refractivity contribution in [1.29, 1.82) is 0 Å². The molecule has 5 nitrogen and oxygen atoms in total. The van der Waals surface area contributed by atoms with Gasteiger partial charge in [-0.2, -0.15) is 0 Å². The Kier molecular flexibility index (Phi) is 5.75. The number of sulfonamides is 1. The van der Waals surface area contributed by atoms with Crippen molar-refractivity contribution in [1.82, 2.24) is 0 Å². The highest BCUT2D eigenvalue weighted by molar-refractivity contribution is 7.92. The van der Waals surface area contributed by atoms with E-state index in [0.717, 1.165) is 16.7 Å². The third-order valence-corrected chi connectivity index (χ3v) is 6.48. The van der Waals surface area contributed by atoms with E-state index in [-0.39, 0.29) is 10.8 Å². The zero-order valence-corrected chi connectivity index (χ0v) is 17.7. The molecule has 3 aromatic rings. The molecule has 3 rings (SSSR count). The van der Waals surface area contributed by atoms with Crippen molar-refractivity contribution < 1.29 is 13.2 Å². The van der Waals surface area contributed by atoms with Gasteiger partial charge in [-0.1, -0.05) is 30.3 Å². The SMILES string of the molecule is Cc1cc(C)cc(NC(=O)c2ccc(C)c(N(C)S(=O)(=O)c3ccccc3)c2)c1. The lowest BCUT2D eigenvalue weighted by Crippen LogP contribution is -2.27. The maximum Gasteiger partial charge on any atom is 0.264 e. The second kappa shape index (κ2) is 8.09. The first kappa shape index (κ1) is 20.6.